The maximum atomic E-state index is 12.2. The number of carbonyl (C=O) groups excluding carboxylic acids is 2. The van der Waals surface area contributed by atoms with Gasteiger partial charge in [0.2, 0.25) is 11.8 Å². The zero-order valence-corrected chi connectivity index (χ0v) is 13.6. The topological polar surface area (TPSA) is 75.4 Å². The molecule has 1 atom stereocenters. The van der Waals surface area contributed by atoms with E-state index in [9.17, 15) is 9.59 Å². The summed E-state index contributed by atoms with van der Waals surface area (Å²) in [6.45, 7) is 5.96. The Bertz CT molecular complexity index is 319. The van der Waals surface area contributed by atoms with Crippen molar-refractivity contribution in [2.45, 2.75) is 64.8 Å². The number of hydrogen-bond donors (Lipinski definition) is 2. The summed E-state index contributed by atoms with van der Waals surface area (Å²) in [4.78, 5) is 25.2. The lowest BCUT2D eigenvalue weighted by atomic mass is 9.94. The van der Waals surface area contributed by atoms with Crippen molar-refractivity contribution in [2.24, 2.45) is 11.7 Å². The van der Waals surface area contributed by atoms with E-state index in [-0.39, 0.29) is 17.9 Å². The lowest BCUT2D eigenvalue weighted by Crippen LogP contribution is -2.46. The van der Waals surface area contributed by atoms with Gasteiger partial charge in [0.15, 0.2) is 0 Å². The summed E-state index contributed by atoms with van der Waals surface area (Å²) < 4.78 is 0. The molecule has 1 fully saturated rings. The summed E-state index contributed by atoms with van der Waals surface area (Å²) in [7, 11) is 0. The average molecular weight is 297 g/mol. The molecule has 0 spiro atoms. The molecule has 1 unspecified atom stereocenters. The third-order valence-corrected chi connectivity index (χ3v) is 4.29. The van der Waals surface area contributed by atoms with Crippen molar-refractivity contribution in [3.8, 4) is 0 Å². The van der Waals surface area contributed by atoms with Crippen LogP contribution >= 0.6 is 0 Å². The first-order valence-electron chi connectivity index (χ1n) is 8.31. The van der Waals surface area contributed by atoms with Crippen LogP contribution in [0.4, 0.5) is 0 Å². The van der Waals surface area contributed by atoms with Gasteiger partial charge in [-0.15, -0.1) is 0 Å². The molecule has 5 nitrogen and oxygen atoms in total. The smallest absolute Gasteiger partial charge is 0.222 e. The van der Waals surface area contributed by atoms with Crippen molar-refractivity contribution in [2.75, 3.05) is 19.6 Å². The van der Waals surface area contributed by atoms with Crippen LogP contribution in [0, 0.1) is 5.92 Å². The van der Waals surface area contributed by atoms with E-state index in [1.54, 1.807) is 6.92 Å². The van der Waals surface area contributed by atoms with Gasteiger partial charge in [-0.2, -0.15) is 0 Å². The molecule has 0 aliphatic carbocycles. The van der Waals surface area contributed by atoms with E-state index in [2.05, 4.69) is 12.2 Å². The normalized spacial score (nSPS) is 17.6. The molecule has 1 rings (SSSR count). The molecule has 2 amide bonds. The van der Waals surface area contributed by atoms with Crippen LogP contribution in [0.2, 0.25) is 0 Å². The van der Waals surface area contributed by atoms with Crippen molar-refractivity contribution in [1.29, 1.82) is 0 Å². The van der Waals surface area contributed by atoms with Gasteiger partial charge >= 0.3 is 0 Å². The van der Waals surface area contributed by atoms with E-state index in [1.807, 2.05) is 4.90 Å². The highest BCUT2D eigenvalue weighted by Crippen LogP contribution is 2.19. The molecular formula is C16H31N3O2. The summed E-state index contributed by atoms with van der Waals surface area (Å²) in [6.07, 6.45) is 6.66. The van der Waals surface area contributed by atoms with Crippen molar-refractivity contribution in [3.63, 3.8) is 0 Å². The second-order valence-corrected chi connectivity index (χ2v) is 6.13. The molecule has 0 aromatic heterocycles. The number of nitrogens with one attached hydrogen (secondary N) is 1. The third-order valence-electron chi connectivity index (χ3n) is 4.29. The van der Waals surface area contributed by atoms with E-state index < -0.39 is 0 Å². The SMILES string of the molecule is CCCC(CCN)CCC(=O)N1CCC(NC(C)=O)CC1. The molecule has 1 aliphatic rings. The van der Waals surface area contributed by atoms with Crippen molar-refractivity contribution in [3.05, 3.63) is 0 Å². The number of piperidine rings is 1. The first-order chi connectivity index (χ1) is 10.1. The monoisotopic (exact) mass is 297 g/mol. The Balaban J connectivity index is 2.28. The quantitative estimate of drug-likeness (QED) is 0.715. The number of hydrogen-bond acceptors (Lipinski definition) is 3. The number of likely N-dealkylation sites (tertiary alicyclic amines) is 1. The first kappa shape index (κ1) is 18.0. The van der Waals surface area contributed by atoms with Crippen LogP contribution in [-0.2, 0) is 9.59 Å². The molecule has 5 heteroatoms. The minimum atomic E-state index is 0.0176. The zero-order valence-electron chi connectivity index (χ0n) is 13.6. The molecule has 1 heterocycles. The number of amides is 2. The lowest BCUT2D eigenvalue weighted by Gasteiger charge is -2.32. The minimum absolute atomic E-state index is 0.0176. The summed E-state index contributed by atoms with van der Waals surface area (Å²) >= 11 is 0. The highest BCUT2D eigenvalue weighted by Gasteiger charge is 2.23. The van der Waals surface area contributed by atoms with Gasteiger partial charge in [0, 0.05) is 32.5 Å². The van der Waals surface area contributed by atoms with Gasteiger partial charge in [0.05, 0.1) is 0 Å². The average Bonchev–Trinajstić information content (AvgIpc) is 2.45. The maximum absolute atomic E-state index is 12.2. The van der Waals surface area contributed by atoms with Crippen LogP contribution < -0.4 is 11.1 Å². The van der Waals surface area contributed by atoms with Crippen LogP contribution in [0.25, 0.3) is 0 Å². The number of nitrogens with two attached hydrogens (primary N) is 1. The standard InChI is InChI=1S/C16H31N3O2/c1-3-4-14(7-10-17)5-6-16(21)19-11-8-15(9-12-19)18-13(2)20/h14-15H,3-12,17H2,1-2H3,(H,18,20). The molecule has 0 radical (unpaired) electrons. The van der Waals surface area contributed by atoms with Gasteiger partial charge in [-0.05, 0) is 38.1 Å². The Morgan fingerprint density at radius 3 is 2.43 bits per heavy atom. The third kappa shape index (κ3) is 6.93. The van der Waals surface area contributed by atoms with Crippen LogP contribution in [-0.4, -0.2) is 42.4 Å². The molecule has 1 saturated heterocycles. The summed E-state index contributed by atoms with van der Waals surface area (Å²) in [5.41, 5.74) is 5.63. The van der Waals surface area contributed by atoms with E-state index in [0.29, 0.717) is 18.9 Å². The lowest BCUT2D eigenvalue weighted by molar-refractivity contribution is -0.132. The van der Waals surface area contributed by atoms with Crippen molar-refractivity contribution < 1.29 is 9.59 Å². The zero-order chi connectivity index (χ0) is 15.7. The predicted octanol–water partition coefficient (Wildman–Crippen LogP) is 1.66. The van der Waals surface area contributed by atoms with Crippen LogP contribution in [0.1, 0.15) is 58.8 Å². The first-order valence-corrected chi connectivity index (χ1v) is 8.31. The van der Waals surface area contributed by atoms with Crippen LogP contribution in [0.15, 0.2) is 0 Å². The van der Waals surface area contributed by atoms with Gasteiger partial charge in [0.1, 0.15) is 0 Å². The van der Waals surface area contributed by atoms with Crippen LogP contribution in [0.3, 0.4) is 0 Å². The van der Waals surface area contributed by atoms with E-state index in [0.717, 1.165) is 51.6 Å². The molecular weight excluding hydrogens is 266 g/mol. The van der Waals surface area contributed by atoms with Crippen molar-refractivity contribution >= 4 is 11.8 Å². The second kappa shape index (κ2) is 9.77. The number of nitrogens with zero attached hydrogens (tertiary/aromatic N) is 1. The van der Waals surface area contributed by atoms with E-state index >= 15 is 0 Å². The molecule has 0 aromatic rings. The molecule has 3 N–H and O–H groups in total. The minimum Gasteiger partial charge on any atom is -0.353 e. The Labute approximate surface area is 128 Å². The fraction of sp³-hybridized carbons (Fsp3) is 0.875. The van der Waals surface area contributed by atoms with Gasteiger partial charge in [0.25, 0.3) is 0 Å². The molecule has 1 aliphatic heterocycles. The number of carbonyl (C=O) groups is 2. The summed E-state index contributed by atoms with van der Waals surface area (Å²) in [5.74, 6) is 0.860. The summed E-state index contributed by atoms with van der Waals surface area (Å²) in [6, 6.07) is 0.233. The molecule has 0 saturated carbocycles. The maximum Gasteiger partial charge on any atom is 0.222 e. The second-order valence-electron chi connectivity index (χ2n) is 6.13. The van der Waals surface area contributed by atoms with E-state index in [4.69, 9.17) is 5.73 Å². The predicted molar refractivity (Wildman–Crippen MR) is 84.7 cm³/mol. The Kier molecular flexibility index (Phi) is 8.35. The van der Waals surface area contributed by atoms with Crippen molar-refractivity contribution in [1.82, 2.24) is 10.2 Å². The molecule has 122 valence electrons. The number of rotatable bonds is 8. The highest BCUT2D eigenvalue weighted by atomic mass is 16.2. The molecule has 0 bridgehead atoms. The van der Waals surface area contributed by atoms with E-state index in [1.165, 1.54) is 0 Å². The van der Waals surface area contributed by atoms with Gasteiger partial charge in [-0.1, -0.05) is 19.8 Å². The summed E-state index contributed by atoms with van der Waals surface area (Å²) in [5, 5.41) is 2.93. The molecule has 0 aromatic carbocycles. The highest BCUT2D eigenvalue weighted by molar-refractivity contribution is 5.76. The largest absolute Gasteiger partial charge is 0.353 e. The fourth-order valence-corrected chi connectivity index (χ4v) is 3.12. The fourth-order valence-electron chi connectivity index (χ4n) is 3.12. The Hall–Kier alpha value is -1.10. The molecule has 21 heavy (non-hydrogen) atoms. The van der Waals surface area contributed by atoms with Gasteiger partial charge in [-0.25, -0.2) is 0 Å². The Morgan fingerprint density at radius 2 is 1.90 bits per heavy atom. The van der Waals surface area contributed by atoms with Gasteiger partial charge < -0.3 is 16.0 Å². The Morgan fingerprint density at radius 1 is 1.24 bits per heavy atom. The van der Waals surface area contributed by atoms with Crippen LogP contribution in [0.5, 0.6) is 0 Å². The van der Waals surface area contributed by atoms with Gasteiger partial charge in [-0.3, -0.25) is 9.59 Å².